The van der Waals surface area contributed by atoms with Gasteiger partial charge >= 0.3 is 6.03 Å². The normalized spacial score (nSPS) is 15.4. The van der Waals surface area contributed by atoms with E-state index in [2.05, 4.69) is 15.6 Å². The van der Waals surface area contributed by atoms with Crippen LogP contribution in [0.25, 0.3) is 0 Å². The highest BCUT2D eigenvalue weighted by Gasteiger charge is 2.47. The molecule has 1 aliphatic carbocycles. The Labute approximate surface area is 116 Å². The van der Waals surface area contributed by atoms with Gasteiger partial charge in [0.15, 0.2) is 0 Å². The van der Waals surface area contributed by atoms with Crippen molar-refractivity contribution in [1.82, 2.24) is 10.3 Å². The van der Waals surface area contributed by atoms with Crippen LogP contribution in [-0.2, 0) is 5.54 Å². The van der Waals surface area contributed by atoms with Crippen molar-refractivity contribution in [1.29, 1.82) is 0 Å². The van der Waals surface area contributed by atoms with E-state index in [1.165, 1.54) is 6.07 Å². The van der Waals surface area contributed by atoms with Crippen LogP contribution in [-0.4, -0.2) is 11.0 Å². The minimum Gasteiger partial charge on any atom is -0.328 e. The highest BCUT2D eigenvalue weighted by Crippen LogP contribution is 2.46. The van der Waals surface area contributed by atoms with Crippen LogP contribution in [0.3, 0.4) is 0 Å². The fraction of sp³-hybridized carbons (Fsp3) is 0.200. The van der Waals surface area contributed by atoms with E-state index in [-0.39, 0.29) is 11.8 Å². The van der Waals surface area contributed by atoms with Gasteiger partial charge in [0.05, 0.1) is 5.54 Å². The van der Waals surface area contributed by atoms with Gasteiger partial charge in [-0.2, -0.15) is 0 Å². The Balaban J connectivity index is 1.72. The summed E-state index contributed by atoms with van der Waals surface area (Å²) >= 11 is 0. The number of halogens is 1. The van der Waals surface area contributed by atoms with Crippen LogP contribution in [0, 0.1) is 5.82 Å². The number of aromatic nitrogens is 1. The number of benzene rings is 1. The van der Waals surface area contributed by atoms with Gasteiger partial charge in [0.2, 0.25) is 0 Å². The summed E-state index contributed by atoms with van der Waals surface area (Å²) in [5.74, 6) is -0.283. The van der Waals surface area contributed by atoms with Crippen LogP contribution in [0.4, 0.5) is 14.9 Å². The van der Waals surface area contributed by atoms with Gasteiger partial charge in [0, 0.05) is 23.6 Å². The van der Waals surface area contributed by atoms with E-state index in [1.54, 1.807) is 42.7 Å². The number of carbonyl (C=O) groups excluding carboxylic acids is 1. The van der Waals surface area contributed by atoms with Crippen LogP contribution >= 0.6 is 0 Å². The molecule has 2 aromatic rings. The highest BCUT2D eigenvalue weighted by atomic mass is 19.1. The summed E-state index contributed by atoms with van der Waals surface area (Å²) < 4.78 is 13.8. The molecule has 0 unspecified atom stereocenters. The lowest BCUT2D eigenvalue weighted by Crippen LogP contribution is -2.38. The van der Waals surface area contributed by atoms with Crippen molar-refractivity contribution in [2.45, 2.75) is 18.4 Å². The predicted molar refractivity (Wildman–Crippen MR) is 73.7 cm³/mol. The summed E-state index contributed by atoms with van der Waals surface area (Å²) in [4.78, 5) is 15.9. The molecule has 0 saturated heterocycles. The second-order valence-electron chi connectivity index (χ2n) is 4.88. The molecule has 1 aromatic carbocycles. The Kier molecular flexibility index (Phi) is 3.10. The molecule has 0 radical (unpaired) electrons. The first-order chi connectivity index (χ1) is 9.70. The van der Waals surface area contributed by atoms with E-state index in [0.717, 1.165) is 12.8 Å². The van der Waals surface area contributed by atoms with E-state index in [1.807, 2.05) is 0 Å². The van der Waals surface area contributed by atoms with Crippen LogP contribution in [0.2, 0.25) is 0 Å². The quantitative estimate of drug-likeness (QED) is 0.901. The predicted octanol–water partition coefficient (Wildman–Crippen LogP) is 3.03. The van der Waals surface area contributed by atoms with E-state index in [4.69, 9.17) is 0 Å². The van der Waals surface area contributed by atoms with E-state index in [0.29, 0.717) is 11.3 Å². The first-order valence-corrected chi connectivity index (χ1v) is 6.44. The third-order valence-electron chi connectivity index (χ3n) is 3.43. The largest absolute Gasteiger partial charge is 0.328 e. The van der Waals surface area contributed by atoms with E-state index >= 15 is 0 Å². The van der Waals surface area contributed by atoms with Crippen molar-refractivity contribution in [2.75, 3.05) is 5.32 Å². The third-order valence-corrected chi connectivity index (χ3v) is 3.43. The maximum absolute atomic E-state index is 13.8. The maximum atomic E-state index is 13.8. The van der Waals surface area contributed by atoms with Gasteiger partial charge < -0.3 is 10.6 Å². The van der Waals surface area contributed by atoms with Crippen molar-refractivity contribution in [2.24, 2.45) is 0 Å². The van der Waals surface area contributed by atoms with Gasteiger partial charge in [-0.25, -0.2) is 9.18 Å². The molecule has 1 fully saturated rings. The fourth-order valence-corrected chi connectivity index (χ4v) is 2.25. The Morgan fingerprint density at radius 1 is 1.15 bits per heavy atom. The highest BCUT2D eigenvalue weighted by molar-refractivity contribution is 5.90. The van der Waals surface area contributed by atoms with E-state index in [9.17, 15) is 9.18 Å². The zero-order valence-corrected chi connectivity index (χ0v) is 10.8. The molecule has 1 aliphatic rings. The Morgan fingerprint density at radius 2 is 1.85 bits per heavy atom. The zero-order valence-electron chi connectivity index (χ0n) is 10.8. The molecule has 0 spiro atoms. The van der Waals surface area contributed by atoms with Gasteiger partial charge in [-0.05, 0) is 31.0 Å². The van der Waals surface area contributed by atoms with Crippen molar-refractivity contribution in [3.8, 4) is 0 Å². The molecule has 20 heavy (non-hydrogen) atoms. The molecule has 1 saturated carbocycles. The van der Waals surface area contributed by atoms with Crippen molar-refractivity contribution in [3.63, 3.8) is 0 Å². The fourth-order valence-electron chi connectivity index (χ4n) is 2.25. The van der Waals surface area contributed by atoms with Gasteiger partial charge in [0.1, 0.15) is 5.82 Å². The summed E-state index contributed by atoms with van der Waals surface area (Å²) in [6.07, 6.45) is 4.69. The third kappa shape index (κ3) is 2.47. The summed E-state index contributed by atoms with van der Waals surface area (Å²) in [6, 6.07) is 9.61. The summed E-state index contributed by atoms with van der Waals surface area (Å²) in [7, 11) is 0. The number of nitrogens with zero attached hydrogens (tertiary/aromatic N) is 1. The number of carbonyl (C=O) groups is 1. The van der Waals surface area contributed by atoms with Crippen molar-refractivity contribution in [3.05, 3.63) is 60.2 Å². The van der Waals surface area contributed by atoms with Gasteiger partial charge in [-0.3, -0.25) is 4.98 Å². The topological polar surface area (TPSA) is 54.0 Å². The molecule has 4 nitrogen and oxygen atoms in total. The lowest BCUT2D eigenvalue weighted by Gasteiger charge is -2.19. The molecule has 2 amide bonds. The van der Waals surface area contributed by atoms with Crippen LogP contribution in [0.5, 0.6) is 0 Å². The molecule has 102 valence electrons. The minimum absolute atomic E-state index is 0.283. The molecule has 3 rings (SSSR count). The summed E-state index contributed by atoms with van der Waals surface area (Å²) in [5, 5.41) is 5.58. The molecule has 1 heterocycles. The first-order valence-electron chi connectivity index (χ1n) is 6.44. The summed E-state index contributed by atoms with van der Waals surface area (Å²) in [5.41, 5.74) is 0.634. The van der Waals surface area contributed by atoms with Crippen LogP contribution in [0.1, 0.15) is 18.4 Å². The van der Waals surface area contributed by atoms with E-state index < -0.39 is 5.54 Å². The molecule has 0 bridgehead atoms. The SMILES string of the molecule is O=C(Nc1ccncc1)NC1(c2ccccc2F)CC1. The number of nitrogens with one attached hydrogen (secondary N) is 2. The van der Waals surface area contributed by atoms with Crippen molar-refractivity contribution < 1.29 is 9.18 Å². The molecule has 0 aliphatic heterocycles. The molecule has 2 N–H and O–H groups in total. The Bertz CT molecular complexity index is 626. The standard InChI is InChI=1S/C15H14FN3O/c16-13-4-2-1-3-12(13)15(7-8-15)19-14(20)18-11-5-9-17-10-6-11/h1-6,9-10H,7-8H2,(H2,17,18,19,20). The Hall–Kier alpha value is -2.43. The van der Waals surface area contributed by atoms with Gasteiger partial charge in [0.25, 0.3) is 0 Å². The van der Waals surface area contributed by atoms with Gasteiger partial charge in [-0.15, -0.1) is 0 Å². The van der Waals surface area contributed by atoms with Gasteiger partial charge in [-0.1, -0.05) is 18.2 Å². The average Bonchev–Trinajstić information content (AvgIpc) is 3.20. The average molecular weight is 271 g/mol. The lowest BCUT2D eigenvalue weighted by atomic mass is 10.0. The Morgan fingerprint density at radius 3 is 2.50 bits per heavy atom. The number of urea groups is 1. The van der Waals surface area contributed by atoms with Crippen LogP contribution < -0.4 is 10.6 Å². The minimum atomic E-state index is -0.567. The maximum Gasteiger partial charge on any atom is 0.319 e. The zero-order chi connectivity index (χ0) is 14.0. The van der Waals surface area contributed by atoms with Crippen molar-refractivity contribution >= 4 is 11.7 Å². The first kappa shape index (κ1) is 12.6. The number of hydrogen-bond acceptors (Lipinski definition) is 2. The number of rotatable bonds is 3. The number of anilines is 1. The number of amides is 2. The number of pyridine rings is 1. The summed E-state index contributed by atoms with van der Waals surface area (Å²) in [6.45, 7) is 0. The number of hydrogen-bond donors (Lipinski definition) is 2. The smallest absolute Gasteiger partial charge is 0.319 e. The molecular weight excluding hydrogens is 257 g/mol. The monoisotopic (exact) mass is 271 g/mol. The molecule has 0 atom stereocenters. The van der Waals surface area contributed by atoms with Crippen LogP contribution in [0.15, 0.2) is 48.8 Å². The lowest BCUT2D eigenvalue weighted by molar-refractivity contribution is 0.247. The second-order valence-corrected chi connectivity index (χ2v) is 4.88. The second kappa shape index (κ2) is 4.92. The molecular formula is C15H14FN3O. The molecule has 5 heteroatoms. The molecule has 1 aromatic heterocycles.